The molecule has 1 aliphatic heterocycles. The van der Waals surface area contributed by atoms with E-state index in [0.29, 0.717) is 6.04 Å². The Morgan fingerprint density at radius 1 is 1.55 bits per heavy atom. The summed E-state index contributed by atoms with van der Waals surface area (Å²) in [5.41, 5.74) is 0. The van der Waals surface area contributed by atoms with Gasteiger partial charge in [-0.15, -0.1) is 0 Å². The SMILES string of the molecule is CCCNCNC1CCNC1. The van der Waals surface area contributed by atoms with Crippen LogP contribution in [0, 0.1) is 0 Å². The van der Waals surface area contributed by atoms with Gasteiger partial charge >= 0.3 is 0 Å². The molecular formula is C8H19N3. The molecule has 1 saturated heterocycles. The van der Waals surface area contributed by atoms with Crippen molar-refractivity contribution in [2.24, 2.45) is 0 Å². The van der Waals surface area contributed by atoms with Gasteiger partial charge in [-0.2, -0.15) is 0 Å². The summed E-state index contributed by atoms with van der Waals surface area (Å²) in [5, 5.41) is 10.1. The summed E-state index contributed by atoms with van der Waals surface area (Å²) >= 11 is 0. The van der Waals surface area contributed by atoms with Gasteiger partial charge in [-0.25, -0.2) is 0 Å². The highest BCUT2D eigenvalue weighted by Crippen LogP contribution is 1.94. The van der Waals surface area contributed by atoms with Crippen LogP contribution in [0.1, 0.15) is 19.8 Å². The Labute approximate surface area is 68.9 Å². The topological polar surface area (TPSA) is 36.1 Å². The first-order chi connectivity index (χ1) is 5.43. The molecule has 3 N–H and O–H groups in total. The summed E-state index contributed by atoms with van der Waals surface area (Å²) in [6.45, 7) is 6.57. The lowest BCUT2D eigenvalue weighted by Crippen LogP contribution is -2.38. The molecule has 0 saturated carbocycles. The van der Waals surface area contributed by atoms with Crippen LogP contribution in [-0.4, -0.2) is 32.3 Å². The maximum absolute atomic E-state index is 3.44. The van der Waals surface area contributed by atoms with E-state index in [4.69, 9.17) is 0 Å². The largest absolute Gasteiger partial charge is 0.315 e. The maximum Gasteiger partial charge on any atom is 0.0456 e. The monoisotopic (exact) mass is 157 g/mol. The van der Waals surface area contributed by atoms with Crippen molar-refractivity contribution in [3.63, 3.8) is 0 Å². The summed E-state index contributed by atoms with van der Waals surface area (Å²) in [6.07, 6.45) is 2.48. The van der Waals surface area contributed by atoms with Gasteiger partial charge in [0.05, 0.1) is 0 Å². The van der Waals surface area contributed by atoms with Crippen molar-refractivity contribution < 1.29 is 0 Å². The second kappa shape index (κ2) is 5.52. The van der Waals surface area contributed by atoms with Crippen molar-refractivity contribution >= 4 is 0 Å². The van der Waals surface area contributed by atoms with Crippen LogP contribution in [0.5, 0.6) is 0 Å². The summed E-state index contributed by atoms with van der Waals surface area (Å²) in [7, 11) is 0. The van der Waals surface area contributed by atoms with E-state index >= 15 is 0 Å². The van der Waals surface area contributed by atoms with Gasteiger partial charge in [-0.05, 0) is 25.9 Å². The van der Waals surface area contributed by atoms with Gasteiger partial charge < -0.3 is 16.0 Å². The fourth-order valence-corrected chi connectivity index (χ4v) is 1.31. The Balaban J connectivity index is 1.86. The first-order valence-corrected chi connectivity index (χ1v) is 4.58. The standard InChI is InChI=1S/C8H19N3/c1-2-4-10-7-11-8-3-5-9-6-8/h8-11H,2-7H2,1H3. The van der Waals surface area contributed by atoms with Gasteiger partial charge in [0.15, 0.2) is 0 Å². The number of rotatable bonds is 5. The van der Waals surface area contributed by atoms with Crippen molar-refractivity contribution in [3.05, 3.63) is 0 Å². The van der Waals surface area contributed by atoms with Gasteiger partial charge in [-0.1, -0.05) is 6.92 Å². The number of hydrogen-bond donors (Lipinski definition) is 3. The van der Waals surface area contributed by atoms with Crippen LogP contribution in [-0.2, 0) is 0 Å². The lowest BCUT2D eigenvalue weighted by atomic mass is 10.3. The average Bonchev–Trinajstić information content (AvgIpc) is 2.50. The van der Waals surface area contributed by atoms with Crippen molar-refractivity contribution in [2.75, 3.05) is 26.3 Å². The van der Waals surface area contributed by atoms with Gasteiger partial charge in [-0.3, -0.25) is 0 Å². The van der Waals surface area contributed by atoms with Crippen LogP contribution in [0.3, 0.4) is 0 Å². The van der Waals surface area contributed by atoms with E-state index in [1.807, 2.05) is 0 Å². The molecule has 0 spiro atoms. The Morgan fingerprint density at radius 2 is 2.45 bits per heavy atom. The molecule has 1 rings (SSSR count). The molecule has 0 amide bonds. The molecule has 1 heterocycles. The van der Waals surface area contributed by atoms with Crippen molar-refractivity contribution in [3.8, 4) is 0 Å². The first-order valence-electron chi connectivity index (χ1n) is 4.58. The normalized spacial score (nSPS) is 24.3. The Hall–Kier alpha value is -0.120. The summed E-state index contributed by atoms with van der Waals surface area (Å²) < 4.78 is 0. The minimum atomic E-state index is 0.694. The van der Waals surface area contributed by atoms with Crippen LogP contribution in [0.25, 0.3) is 0 Å². The fourth-order valence-electron chi connectivity index (χ4n) is 1.31. The van der Waals surface area contributed by atoms with E-state index in [9.17, 15) is 0 Å². The molecule has 1 fully saturated rings. The van der Waals surface area contributed by atoms with Gasteiger partial charge in [0.2, 0.25) is 0 Å². The molecular weight excluding hydrogens is 138 g/mol. The second-order valence-corrected chi connectivity index (χ2v) is 3.07. The highest BCUT2D eigenvalue weighted by atomic mass is 15.1. The number of nitrogens with one attached hydrogen (secondary N) is 3. The molecule has 3 nitrogen and oxygen atoms in total. The van der Waals surface area contributed by atoms with E-state index in [1.165, 1.54) is 19.4 Å². The third-order valence-corrected chi connectivity index (χ3v) is 2.00. The fraction of sp³-hybridized carbons (Fsp3) is 1.00. The number of hydrogen-bond acceptors (Lipinski definition) is 3. The molecule has 1 unspecified atom stereocenters. The minimum absolute atomic E-state index is 0.694. The Bertz CT molecular complexity index is 89.3. The van der Waals surface area contributed by atoms with E-state index < -0.39 is 0 Å². The lowest BCUT2D eigenvalue weighted by Gasteiger charge is -2.11. The quantitative estimate of drug-likeness (QED) is 0.385. The molecule has 0 aromatic carbocycles. The van der Waals surface area contributed by atoms with Crippen LogP contribution >= 0.6 is 0 Å². The highest BCUT2D eigenvalue weighted by molar-refractivity contribution is 4.76. The third kappa shape index (κ3) is 3.70. The lowest BCUT2D eigenvalue weighted by molar-refractivity contribution is 0.500. The van der Waals surface area contributed by atoms with E-state index in [-0.39, 0.29) is 0 Å². The summed E-state index contributed by atoms with van der Waals surface area (Å²) in [4.78, 5) is 0. The summed E-state index contributed by atoms with van der Waals surface area (Å²) in [6, 6.07) is 0.694. The van der Waals surface area contributed by atoms with Crippen molar-refractivity contribution in [1.82, 2.24) is 16.0 Å². The molecule has 0 aliphatic carbocycles. The third-order valence-electron chi connectivity index (χ3n) is 2.00. The molecule has 11 heavy (non-hydrogen) atoms. The predicted molar refractivity (Wildman–Crippen MR) is 47.6 cm³/mol. The molecule has 0 radical (unpaired) electrons. The smallest absolute Gasteiger partial charge is 0.0456 e. The van der Waals surface area contributed by atoms with Gasteiger partial charge in [0, 0.05) is 19.3 Å². The first kappa shape index (κ1) is 8.97. The van der Waals surface area contributed by atoms with Crippen molar-refractivity contribution in [2.45, 2.75) is 25.8 Å². The molecule has 0 aromatic heterocycles. The second-order valence-electron chi connectivity index (χ2n) is 3.07. The van der Waals surface area contributed by atoms with Gasteiger partial charge in [0.25, 0.3) is 0 Å². The zero-order valence-electron chi connectivity index (χ0n) is 7.32. The molecule has 3 heteroatoms. The minimum Gasteiger partial charge on any atom is -0.315 e. The molecule has 1 aliphatic rings. The van der Waals surface area contributed by atoms with Crippen LogP contribution in [0.15, 0.2) is 0 Å². The molecule has 0 aromatic rings. The maximum atomic E-state index is 3.44. The molecule has 66 valence electrons. The molecule has 1 atom stereocenters. The van der Waals surface area contributed by atoms with Crippen LogP contribution in [0.4, 0.5) is 0 Å². The highest BCUT2D eigenvalue weighted by Gasteiger charge is 2.11. The zero-order valence-corrected chi connectivity index (χ0v) is 7.32. The zero-order chi connectivity index (χ0) is 7.94. The predicted octanol–water partition coefficient (Wildman–Crippen LogP) is -0.105. The Kier molecular flexibility index (Phi) is 4.50. The van der Waals surface area contributed by atoms with Crippen molar-refractivity contribution in [1.29, 1.82) is 0 Å². The van der Waals surface area contributed by atoms with Crippen LogP contribution in [0.2, 0.25) is 0 Å². The Morgan fingerprint density at radius 3 is 3.09 bits per heavy atom. The molecule has 0 bridgehead atoms. The van der Waals surface area contributed by atoms with Gasteiger partial charge in [0.1, 0.15) is 0 Å². The summed E-state index contributed by atoms with van der Waals surface area (Å²) in [5.74, 6) is 0. The van der Waals surface area contributed by atoms with E-state index in [1.54, 1.807) is 0 Å². The average molecular weight is 157 g/mol. The van der Waals surface area contributed by atoms with E-state index in [2.05, 4.69) is 22.9 Å². The van der Waals surface area contributed by atoms with E-state index in [0.717, 1.165) is 19.8 Å². The van der Waals surface area contributed by atoms with Crippen LogP contribution < -0.4 is 16.0 Å².